The van der Waals surface area contributed by atoms with Gasteiger partial charge in [-0.3, -0.25) is 4.79 Å². The zero-order chi connectivity index (χ0) is 19.3. The number of nitrogens with zero attached hydrogens (tertiary/aromatic N) is 3. The molecule has 6 nitrogen and oxygen atoms in total. The highest BCUT2D eigenvalue weighted by atomic mass is 32.2. The molecule has 9 heteroatoms. The fourth-order valence-corrected chi connectivity index (χ4v) is 4.88. The Morgan fingerprint density at radius 3 is 2.85 bits per heavy atom. The maximum atomic E-state index is 13.2. The van der Waals surface area contributed by atoms with E-state index < -0.39 is 10.8 Å². The number of nitriles is 1. The number of benzene rings is 1. The Balaban J connectivity index is 1.57. The van der Waals surface area contributed by atoms with Crippen molar-refractivity contribution in [3.05, 3.63) is 30.1 Å². The lowest BCUT2D eigenvalue weighted by Crippen LogP contribution is -2.50. The first kappa shape index (κ1) is 19.6. The number of halogens is 1. The highest BCUT2D eigenvalue weighted by molar-refractivity contribution is 8.02. The van der Waals surface area contributed by atoms with Gasteiger partial charge in [-0.1, -0.05) is 48.4 Å². The molecule has 1 aliphatic rings. The molecule has 27 heavy (non-hydrogen) atoms. The van der Waals surface area contributed by atoms with E-state index in [2.05, 4.69) is 26.9 Å². The highest BCUT2D eigenvalue weighted by Gasteiger charge is 2.35. The van der Waals surface area contributed by atoms with E-state index in [1.165, 1.54) is 35.2 Å². The maximum absolute atomic E-state index is 13.2. The molecule has 3 rings (SSSR count). The van der Waals surface area contributed by atoms with Crippen LogP contribution in [0.5, 0.6) is 0 Å². The van der Waals surface area contributed by atoms with Gasteiger partial charge < -0.3 is 10.6 Å². The number of anilines is 2. The zero-order valence-corrected chi connectivity index (χ0v) is 16.5. The van der Waals surface area contributed by atoms with Crippen LogP contribution in [0, 0.1) is 17.1 Å². The Morgan fingerprint density at radius 2 is 2.15 bits per heavy atom. The van der Waals surface area contributed by atoms with Gasteiger partial charge >= 0.3 is 0 Å². The number of hydrogen-bond acceptors (Lipinski definition) is 7. The van der Waals surface area contributed by atoms with Crippen LogP contribution >= 0.6 is 23.1 Å². The van der Waals surface area contributed by atoms with Crippen molar-refractivity contribution in [2.45, 2.75) is 54.2 Å². The first-order valence-corrected chi connectivity index (χ1v) is 10.5. The summed E-state index contributed by atoms with van der Waals surface area (Å²) in [6.07, 6.45) is 4.43. The summed E-state index contributed by atoms with van der Waals surface area (Å²) in [6.45, 7) is 1.79. The fraction of sp³-hybridized carbons (Fsp3) is 0.444. The first-order chi connectivity index (χ1) is 13.0. The van der Waals surface area contributed by atoms with Crippen LogP contribution in [0.3, 0.4) is 0 Å². The number of hydrogen-bond donors (Lipinski definition) is 2. The van der Waals surface area contributed by atoms with Crippen LogP contribution in [-0.2, 0) is 4.79 Å². The van der Waals surface area contributed by atoms with Crippen molar-refractivity contribution < 1.29 is 9.18 Å². The summed E-state index contributed by atoms with van der Waals surface area (Å²) in [5, 5.41) is 23.7. The SMILES string of the molecule is C[C@@H](Sc1nnc(Nc2cccc(F)c2)s1)C(=O)NC1(C#N)CCCCC1. The molecule has 0 spiro atoms. The van der Waals surface area contributed by atoms with Crippen molar-refractivity contribution in [2.75, 3.05) is 5.32 Å². The largest absolute Gasteiger partial charge is 0.337 e. The van der Waals surface area contributed by atoms with E-state index in [0.29, 0.717) is 28.0 Å². The number of carbonyl (C=O) groups excluding carboxylic acids is 1. The average Bonchev–Trinajstić information content (AvgIpc) is 3.09. The van der Waals surface area contributed by atoms with Gasteiger partial charge in [0.15, 0.2) is 4.34 Å². The molecule has 0 radical (unpaired) electrons. The van der Waals surface area contributed by atoms with Crippen molar-refractivity contribution in [3.8, 4) is 6.07 Å². The number of rotatable bonds is 6. The maximum Gasteiger partial charge on any atom is 0.234 e. The average molecular weight is 406 g/mol. The van der Waals surface area contributed by atoms with Crippen LogP contribution in [-0.4, -0.2) is 26.9 Å². The minimum Gasteiger partial charge on any atom is -0.337 e. The van der Waals surface area contributed by atoms with Crippen LogP contribution < -0.4 is 10.6 Å². The van der Waals surface area contributed by atoms with E-state index in [1.54, 1.807) is 19.1 Å². The van der Waals surface area contributed by atoms with Crippen molar-refractivity contribution in [2.24, 2.45) is 0 Å². The predicted molar refractivity (Wildman–Crippen MR) is 104 cm³/mol. The molecule has 0 unspecified atom stereocenters. The second-order valence-electron chi connectivity index (χ2n) is 6.51. The molecular weight excluding hydrogens is 385 g/mol. The van der Waals surface area contributed by atoms with E-state index in [9.17, 15) is 14.4 Å². The summed E-state index contributed by atoms with van der Waals surface area (Å²) in [5.41, 5.74) is -0.156. The fourth-order valence-electron chi connectivity index (χ4n) is 2.96. The molecule has 0 saturated heterocycles. The molecule has 0 aliphatic heterocycles. The summed E-state index contributed by atoms with van der Waals surface area (Å²) in [4.78, 5) is 12.5. The Bertz CT molecular complexity index is 844. The molecule has 1 aromatic heterocycles. The lowest BCUT2D eigenvalue weighted by atomic mass is 9.83. The van der Waals surface area contributed by atoms with Crippen molar-refractivity contribution >= 4 is 39.8 Å². The van der Waals surface area contributed by atoms with Gasteiger partial charge in [0.2, 0.25) is 11.0 Å². The number of carbonyl (C=O) groups is 1. The molecule has 2 N–H and O–H groups in total. The minimum atomic E-state index is -0.741. The molecule has 1 fully saturated rings. The smallest absolute Gasteiger partial charge is 0.234 e. The molecular formula is C18H20FN5OS2. The second-order valence-corrected chi connectivity index (χ2v) is 9.08. The molecule has 2 aromatic rings. The van der Waals surface area contributed by atoms with Crippen LogP contribution in [0.2, 0.25) is 0 Å². The van der Waals surface area contributed by atoms with Gasteiger partial charge in [-0.05, 0) is 38.0 Å². The van der Waals surface area contributed by atoms with Gasteiger partial charge in [-0.25, -0.2) is 4.39 Å². The molecule has 1 aromatic carbocycles. The summed E-state index contributed by atoms with van der Waals surface area (Å²) < 4.78 is 13.9. The summed E-state index contributed by atoms with van der Waals surface area (Å²) in [7, 11) is 0. The molecule has 1 aliphatic carbocycles. The lowest BCUT2D eigenvalue weighted by molar-refractivity contribution is -0.121. The van der Waals surface area contributed by atoms with E-state index in [-0.39, 0.29) is 11.7 Å². The third-order valence-corrected chi connectivity index (χ3v) is 6.44. The topological polar surface area (TPSA) is 90.7 Å². The third kappa shape index (κ3) is 5.17. The predicted octanol–water partition coefficient (Wildman–Crippen LogP) is 4.24. The Hall–Kier alpha value is -2.18. The number of thioether (sulfide) groups is 1. The van der Waals surface area contributed by atoms with Gasteiger partial charge in [-0.15, -0.1) is 10.2 Å². The molecule has 1 saturated carbocycles. The Labute approximate surface area is 165 Å². The second kappa shape index (κ2) is 8.67. The minimum absolute atomic E-state index is 0.168. The monoisotopic (exact) mass is 405 g/mol. The van der Waals surface area contributed by atoms with E-state index in [0.717, 1.165) is 19.3 Å². The van der Waals surface area contributed by atoms with Crippen molar-refractivity contribution in [1.29, 1.82) is 5.26 Å². The van der Waals surface area contributed by atoms with Gasteiger partial charge in [0.25, 0.3) is 0 Å². The van der Waals surface area contributed by atoms with E-state index in [4.69, 9.17) is 0 Å². The summed E-state index contributed by atoms with van der Waals surface area (Å²) in [6, 6.07) is 8.38. The van der Waals surface area contributed by atoms with Crippen LogP contribution in [0.4, 0.5) is 15.2 Å². The third-order valence-electron chi connectivity index (χ3n) is 4.41. The molecule has 1 amide bonds. The van der Waals surface area contributed by atoms with Crippen molar-refractivity contribution in [3.63, 3.8) is 0 Å². The number of nitrogens with one attached hydrogen (secondary N) is 2. The molecule has 1 heterocycles. The normalized spacial score (nSPS) is 16.9. The van der Waals surface area contributed by atoms with Crippen LogP contribution in [0.15, 0.2) is 28.6 Å². The molecule has 1 atom stereocenters. The summed E-state index contributed by atoms with van der Waals surface area (Å²) in [5.74, 6) is -0.503. The first-order valence-electron chi connectivity index (χ1n) is 8.76. The van der Waals surface area contributed by atoms with Gasteiger partial charge in [0, 0.05) is 5.69 Å². The quantitative estimate of drug-likeness (QED) is 0.699. The zero-order valence-electron chi connectivity index (χ0n) is 14.9. The lowest BCUT2D eigenvalue weighted by Gasteiger charge is -2.32. The number of aromatic nitrogens is 2. The standard InChI is InChI=1S/C18H20FN5OS2/c1-12(15(25)22-18(11-20)8-3-2-4-9-18)26-17-24-23-16(27-17)21-14-7-5-6-13(19)10-14/h5-7,10,12H,2-4,8-9H2,1H3,(H,21,23)(H,22,25)/t12-/m1/s1. The van der Waals surface area contributed by atoms with E-state index >= 15 is 0 Å². The Kier molecular flexibility index (Phi) is 6.29. The van der Waals surface area contributed by atoms with Crippen LogP contribution in [0.25, 0.3) is 0 Å². The van der Waals surface area contributed by atoms with Crippen molar-refractivity contribution in [1.82, 2.24) is 15.5 Å². The van der Waals surface area contributed by atoms with Gasteiger partial charge in [0.05, 0.1) is 11.3 Å². The molecule has 0 bridgehead atoms. The highest BCUT2D eigenvalue weighted by Crippen LogP contribution is 2.32. The van der Waals surface area contributed by atoms with Crippen LogP contribution in [0.1, 0.15) is 39.0 Å². The van der Waals surface area contributed by atoms with Gasteiger partial charge in [-0.2, -0.15) is 5.26 Å². The van der Waals surface area contributed by atoms with Gasteiger partial charge in [0.1, 0.15) is 11.4 Å². The Morgan fingerprint density at radius 1 is 1.37 bits per heavy atom. The summed E-state index contributed by atoms with van der Waals surface area (Å²) >= 11 is 2.59. The molecule has 142 valence electrons. The number of amides is 1. The van der Waals surface area contributed by atoms with E-state index in [1.807, 2.05) is 0 Å².